The van der Waals surface area contributed by atoms with Crippen LogP contribution in [-0.2, 0) is 0 Å². The number of halogens is 1. The Balaban J connectivity index is 1.88. The van der Waals surface area contributed by atoms with Crippen LogP contribution in [0.4, 0.5) is 0 Å². The molecule has 1 aromatic rings. The van der Waals surface area contributed by atoms with Gasteiger partial charge in [0.25, 0.3) is 0 Å². The standard InChI is InChI=1S/C15H22ClNO/c16-13-8-6-12(7-9-13)14-4-3-5-15(14)17-10-1-2-11-18/h6-9,14-15,17-18H,1-5,10-11H2. The number of nitrogens with one attached hydrogen (secondary N) is 1. The zero-order chi connectivity index (χ0) is 12.8. The molecule has 2 unspecified atom stereocenters. The van der Waals surface area contributed by atoms with Crippen molar-refractivity contribution < 1.29 is 5.11 Å². The van der Waals surface area contributed by atoms with Gasteiger partial charge in [-0.05, 0) is 55.8 Å². The molecule has 2 rings (SSSR count). The van der Waals surface area contributed by atoms with E-state index in [4.69, 9.17) is 16.7 Å². The van der Waals surface area contributed by atoms with Crippen LogP contribution in [-0.4, -0.2) is 24.3 Å². The quantitative estimate of drug-likeness (QED) is 0.775. The summed E-state index contributed by atoms with van der Waals surface area (Å²) in [6.07, 6.45) is 5.77. The third-order valence-electron chi connectivity index (χ3n) is 3.81. The molecule has 2 atom stereocenters. The van der Waals surface area contributed by atoms with E-state index in [1.807, 2.05) is 12.1 Å². The van der Waals surface area contributed by atoms with E-state index in [0.717, 1.165) is 24.4 Å². The molecular formula is C15H22ClNO. The maximum Gasteiger partial charge on any atom is 0.0431 e. The predicted molar refractivity (Wildman–Crippen MR) is 76.2 cm³/mol. The first-order chi connectivity index (χ1) is 8.81. The molecule has 2 N–H and O–H groups in total. The summed E-state index contributed by atoms with van der Waals surface area (Å²) in [4.78, 5) is 0. The molecule has 1 saturated carbocycles. The van der Waals surface area contributed by atoms with Crippen LogP contribution in [0.5, 0.6) is 0 Å². The monoisotopic (exact) mass is 267 g/mol. The highest BCUT2D eigenvalue weighted by Crippen LogP contribution is 2.35. The summed E-state index contributed by atoms with van der Waals surface area (Å²) in [5.41, 5.74) is 1.40. The first-order valence-electron chi connectivity index (χ1n) is 6.91. The van der Waals surface area contributed by atoms with Crippen LogP contribution in [0.25, 0.3) is 0 Å². The highest BCUT2D eigenvalue weighted by molar-refractivity contribution is 6.30. The molecule has 100 valence electrons. The average Bonchev–Trinajstić information content (AvgIpc) is 2.84. The van der Waals surface area contributed by atoms with Crippen molar-refractivity contribution in [3.05, 3.63) is 34.9 Å². The molecule has 0 amide bonds. The molecule has 0 aliphatic heterocycles. The topological polar surface area (TPSA) is 32.3 Å². The molecule has 0 saturated heterocycles. The molecule has 0 spiro atoms. The second kappa shape index (κ2) is 7.13. The molecular weight excluding hydrogens is 246 g/mol. The van der Waals surface area contributed by atoms with E-state index in [1.165, 1.54) is 24.8 Å². The van der Waals surface area contributed by atoms with Gasteiger partial charge in [0.1, 0.15) is 0 Å². The van der Waals surface area contributed by atoms with Crippen molar-refractivity contribution in [1.82, 2.24) is 5.32 Å². The lowest BCUT2D eigenvalue weighted by Gasteiger charge is -2.21. The number of hydrogen-bond acceptors (Lipinski definition) is 2. The molecule has 1 aliphatic carbocycles. The van der Waals surface area contributed by atoms with Crippen LogP contribution < -0.4 is 5.32 Å². The van der Waals surface area contributed by atoms with Gasteiger partial charge in [-0.1, -0.05) is 30.2 Å². The van der Waals surface area contributed by atoms with E-state index < -0.39 is 0 Å². The fourth-order valence-electron chi connectivity index (χ4n) is 2.84. The number of rotatable bonds is 6. The van der Waals surface area contributed by atoms with Gasteiger partial charge in [-0.3, -0.25) is 0 Å². The fourth-order valence-corrected chi connectivity index (χ4v) is 2.96. The van der Waals surface area contributed by atoms with Gasteiger partial charge in [0, 0.05) is 17.7 Å². The van der Waals surface area contributed by atoms with Crippen LogP contribution in [0, 0.1) is 0 Å². The Labute approximate surface area is 114 Å². The largest absolute Gasteiger partial charge is 0.396 e. The Bertz CT molecular complexity index is 352. The van der Waals surface area contributed by atoms with Crippen LogP contribution in [0.3, 0.4) is 0 Å². The summed E-state index contributed by atoms with van der Waals surface area (Å²) in [7, 11) is 0. The summed E-state index contributed by atoms with van der Waals surface area (Å²) in [5, 5.41) is 13.2. The number of hydrogen-bond donors (Lipinski definition) is 2. The molecule has 0 radical (unpaired) electrons. The van der Waals surface area contributed by atoms with E-state index in [-0.39, 0.29) is 0 Å². The normalized spacial score (nSPS) is 23.4. The smallest absolute Gasteiger partial charge is 0.0431 e. The molecule has 0 bridgehead atoms. The fraction of sp³-hybridized carbons (Fsp3) is 0.600. The second-order valence-electron chi connectivity index (χ2n) is 5.08. The Morgan fingerprint density at radius 1 is 1.17 bits per heavy atom. The minimum absolute atomic E-state index is 0.299. The summed E-state index contributed by atoms with van der Waals surface area (Å²) < 4.78 is 0. The third-order valence-corrected chi connectivity index (χ3v) is 4.06. The first-order valence-corrected chi connectivity index (χ1v) is 7.29. The van der Waals surface area contributed by atoms with Gasteiger partial charge in [0.2, 0.25) is 0 Å². The maximum atomic E-state index is 8.77. The highest BCUT2D eigenvalue weighted by atomic mass is 35.5. The lowest BCUT2D eigenvalue weighted by Crippen LogP contribution is -2.32. The van der Waals surface area contributed by atoms with Crippen molar-refractivity contribution >= 4 is 11.6 Å². The van der Waals surface area contributed by atoms with Crippen molar-refractivity contribution in [2.45, 2.75) is 44.1 Å². The Hall–Kier alpha value is -0.570. The SMILES string of the molecule is OCCCCNC1CCCC1c1ccc(Cl)cc1. The summed E-state index contributed by atoms with van der Waals surface area (Å²) >= 11 is 5.93. The van der Waals surface area contributed by atoms with Crippen LogP contribution in [0.2, 0.25) is 5.02 Å². The number of unbranched alkanes of at least 4 members (excludes halogenated alkanes) is 1. The maximum absolute atomic E-state index is 8.77. The van der Waals surface area contributed by atoms with E-state index in [0.29, 0.717) is 18.6 Å². The van der Waals surface area contributed by atoms with Crippen LogP contribution >= 0.6 is 11.6 Å². The summed E-state index contributed by atoms with van der Waals surface area (Å²) in [6.45, 7) is 1.31. The molecule has 1 aliphatic rings. The van der Waals surface area contributed by atoms with Crippen molar-refractivity contribution in [3.63, 3.8) is 0 Å². The zero-order valence-corrected chi connectivity index (χ0v) is 11.5. The molecule has 0 heterocycles. The molecule has 18 heavy (non-hydrogen) atoms. The summed E-state index contributed by atoms with van der Waals surface area (Å²) in [5.74, 6) is 0.622. The molecule has 2 nitrogen and oxygen atoms in total. The minimum Gasteiger partial charge on any atom is -0.396 e. The Morgan fingerprint density at radius 3 is 2.67 bits per heavy atom. The number of aliphatic hydroxyl groups excluding tert-OH is 1. The number of benzene rings is 1. The van der Waals surface area contributed by atoms with Gasteiger partial charge in [0.15, 0.2) is 0 Å². The predicted octanol–water partition coefficient (Wildman–Crippen LogP) is 3.34. The van der Waals surface area contributed by atoms with E-state index in [9.17, 15) is 0 Å². The third kappa shape index (κ3) is 3.71. The van der Waals surface area contributed by atoms with Gasteiger partial charge in [0.05, 0.1) is 0 Å². The van der Waals surface area contributed by atoms with E-state index in [2.05, 4.69) is 17.4 Å². The minimum atomic E-state index is 0.299. The van der Waals surface area contributed by atoms with Crippen molar-refractivity contribution in [1.29, 1.82) is 0 Å². The van der Waals surface area contributed by atoms with Gasteiger partial charge >= 0.3 is 0 Å². The van der Waals surface area contributed by atoms with E-state index in [1.54, 1.807) is 0 Å². The van der Waals surface area contributed by atoms with Crippen LogP contribution in [0.1, 0.15) is 43.6 Å². The van der Waals surface area contributed by atoms with Gasteiger partial charge in [-0.15, -0.1) is 0 Å². The molecule has 1 aromatic carbocycles. The van der Waals surface area contributed by atoms with Gasteiger partial charge < -0.3 is 10.4 Å². The average molecular weight is 268 g/mol. The highest BCUT2D eigenvalue weighted by Gasteiger charge is 2.27. The zero-order valence-electron chi connectivity index (χ0n) is 10.7. The molecule has 1 fully saturated rings. The van der Waals surface area contributed by atoms with Gasteiger partial charge in [-0.2, -0.15) is 0 Å². The summed E-state index contributed by atoms with van der Waals surface area (Å²) in [6, 6.07) is 8.86. The van der Waals surface area contributed by atoms with Gasteiger partial charge in [-0.25, -0.2) is 0 Å². The van der Waals surface area contributed by atoms with Crippen molar-refractivity contribution in [2.75, 3.05) is 13.2 Å². The second-order valence-corrected chi connectivity index (χ2v) is 5.52. The molecule has 3 heteroatoms. The lowest BCUT2D eigenvalue weighted by atomic mass is 9.94. The Kier molecular flexibility index (Phi) is 5.48. The van der Waals surface area contributed by atoms with Crippen LogP contribution in [0.15, 0.2) is 24.3 Å². The lowest BCUT2D eigenvalue weighted by molar-refractivity contribution is 0.282. The Morgan fingerprint density at radius 2 is 1.94 bits per heavy atom. The van der Waals surface area contributed by atoms with Crippen molar-refractivity contribution in [2.24, 2.45) is 0 Å². The van der Waals surface area contributed by atoms with E-state index >= 15 is 0 Å². The first kappa shape index (κ1) is 13.9. The van der Waals surface area contributed by atoms with Crippen molar-refractivity contribution in [3.8, 4) is 0 Å². The number of aliphatic hydroxyl groups is 1. The molecule has 0 aromatic heterocycles.